The summed E-state index contributed by atoms with van der Waals surface area (Å²) in [5.74, 6) is -2.41. The Labute approximate surface area is 122 Å². The van der Waals surface area contributed by atoms with Gasteiger partial charge in [-0.05, 0) is 47.9 Å². The third-order valence-corrected chi connectivity index (χ3v) is 2.99. The molecule has 0 aliphatic heterocycles. The molecule has 0 radical (unpaired) electrons. The van der Waals surface area contributed by atoms with Crippen molar-refractivity contribution in [2.24, 2.45) is 0 Å². The van der Waals surface area contributed by atoms with E-state index in [1.165, 1.54) is 25.1 Å². The zero-order valence-electron chi connectivity index (χ0n) is 11.2. The monoisotopic (exact) mass is 314 g/mol. The molecule has 0 bridgehead atoms. The highest BCUT2D eigenvalue weighted by molar-refractivity contribution is 5.90. The molecule has 0 fully saturated rings. The molecule has 0 saturated carbocycles. The molecular formula is C15H10F4O3. The predicted octanol–water partition coefficient (Wildman–Crippen LogP) is 4.40. The quantitative estimate of drug-likeness (QED) is 0.854. The zero-order valence-corrected chi connectivity index (χ0v) is 11.2. The van der Waals surface area contributed by atoms with Gasteiger partial charge in [0.15, 0.2) is 0 Å². The number of ether oxygens (including phenoxy) is 1. The largest absolute Gasteiger partial charge is 0.573 e. The molecule has 2 rings (SSSR count). The second-order valence-corrected chi connectivity index (χ2v) is 4.51. The van der Waals surface area contributed by atoms with Gasteiger partial charge in [-0.3, -0.25) is 0 Å². The van der Waals surface area contributed by atoms with Crippen molar-refractivity contribution < 1.29 is 32.2 Å². The number of rotatable bonds is 3. The van der Waals surface area contributed by atoms with Gasteiger partial charge >= 0.3 is 12.3 Å². The number of benzene rings is 2. The van der Waals surface area contributed by atoms with Crippen LogP contribution in [0.2, 0.25) is 0 Å². The topological polar surface area (TPSA) is 46.5 Å². The molecule has 1 N–H and O–H groups in total. The number of alkyl halides is 3. The first-order valence-electron chi connectivity index (χ1n) is 6.07. The maximum absolute atomic E-state index is 13.8. The first-order chi connectivity index (χ1) is 10.2. The van der Waals surface area contributed by atoms with Gasteiger partial charge in [-0.1, -0.05) is 12.1 Å². The maximum Gasteiger partial charge on any atom is 0.573 e. The lowest BCUT2D eigenvalue weighted by Gasteiger charge is -2.11. The molecule has 0 aliphatic rings. The molecule has 0 spiro atoms. The van der Waals surface area contributed by atoms with Crippen LogP contribution in [-0.2, 0) is 0 Å². The molecule has 0 unspecified atom stereocenters. The summed E-state index contributed by atoms with van der Waals surface area (Å²) in [5, 5.41) is 8.93. The first kappa shape index (κ1) is 15.8. The molecular weight excluding hydrogens is 304 g/mol. The van der Waals surface area contributed by atoms with E-state index in [1.54, 1.807) is 0 Å². The van der Waals surface area contributed by atoms with E-state index >= 15 is 0 Å². The number of hydrogen-bond acceptors (Lipinski definition) is 2. The minimum Gasteiger partial charge on any atom is -0.478 e. The van der Waals surface area contributed by atoms with Crippen molar-refractivity contribution in [2.75, 3.05) is 0 Å². The van der Waals surface area contributed by atoms with Crippen LogP contribution in [0, 0.1) is 12.7 Å². The van der Waals surface area contributed by atoms with Crippen LogP contribution < -0.4 is 4.74 Å². The second kappa shape index (κ2) is 5.67. The average molecular weight is 314 g/mol. The maximum atomic E-state index is 13.8. The molecule has 0 atom stereocenters. The molecule has 0 amide bonds. The van der Waals surface area contributed by atoms with Crippen molar-refractivity contribution in [3.63, 3.8) is 0 Å². The number of carboxylic acid groups (broad SMARTS) is 1. The highest BCUT2D eigenvalue weighted by Gasteiger charge is 2.31. The Balaban J connectivity index is 2.42. The number of halogens is 4. The van der Waals surface area contributed by atoms with Crippen LogP contribution in [0.1, 0.15) is 15.9 Å². The molecule has 3 nitrogen and oxygen atoms in total. The summed E-state index contributed by atoms with van der Waals surface area (Å²) in [4.78, 5) is 10.9. The van der Waals surface area contributed by atoms with Crippen LogP contribution in [0.5, 0.6) is 5.75 Å². The van der Waals surface area contributed by atoms with E-state index in [0.717, 1.165) is 18.2 Å². The van der Waals surface area contributed by atoms with Gasteiger partial charge in [-0.15, -0.1) is 13.2 Å². The Morgan fingerprint density at radius 2 is 1.73 bits per heavy atom. The summed E-state index contributed by atoms with van der Waals surface area (Å²) in [6.07, 6.45) is -4.80. The minimum atomic E-state index is -4.80. The van der Waals surface area contributed by atoms with Crippen molar-refractivity contribution in [2.45, 2.75) is 13.3 Å². The van der Waals surface area contributed by atoms with Gasteiger partial charge in [0, 0.05) is 0 Å². The fourth-order valence-electron chi connectivity index (χ4n) is 1.94. The van der Waals surface area contributed by atoms with E-state index in [1.807, 2.05) is 0 Å². The Bertz CT molecular complexity index is 706. The van der Waals surface area contributed by atoms with E-state index in [9.17, 15) is 22.4 Å². The summed E-state index contributed by atoms with van der Waals surface area (Å²) < 4.78 is 53.8. The van der Waals surface area contributed by atoms with Gasteiger partial charge in [0.25, 0.3) is 0 Å². The lowest BCUT2D eigenvalue weighted by Crippen LogP contribution is -2.16. The van der Waals surface area contributed by atoms with Crippen molar-refractivity contribution >= 4 is 5.97 Å². The fraction of sp³-hybridized carbons (Fsp3) is 0.133. The van der Waals surface area contributed by atoms with E-state index in [0.29, 0.717) is 5.56 Å². The summed E-state index contributed by atoms with van der Waals surface area (Å²) in [6, 6.07) is 6.91. The Morgan fingerprint density at radius 3 is 2.23 bits per heavy atom. The number of carbonyl (C=O) groups is 1. The lowest BCUT2D eigenvalue weighted by molar-refractivity contribution is -0.274. The first-order valence-corrected chi connectivity index (χ1v) is 6.07. The van der Waals surface area contributed by atoms with Crippen molar-refractivity contribution in [1.82, 2.24) is 0 Å². The van der Waals surface area contributed by atoms with Gasteiger partial charge in [-0.25, -0.2) is 9.18 Å². The molecule has 22 heavy (non-hydrogen) atoms. The van der Waals surface area contributed by atoms with Gasteiger partial charge < -0.3 is 9.84 Å². The standard InChI is InChI=1S/C15H10F4O3/c1-8-12(6-10(14(20)21)7-13(8)16)9-2-4-11(5-3-9)22-15(17,18)19/h2-7H,1H3,(H,20,21). The van der Waals surface area contributed by atoms with Crippen LogP contribution in [0.25, 0.3) is 11.1 Å². The molecule has 2 aromatic rings. The normalized spacial score (nSPS) is 11.3. The third-order valence-electron chi connectivity index (χ3n) is 2.99. The van der Waals surface area contributed by atoms with E-state index in [4.69, 9.17) is 5.11 Å². The highest BCUT2D eigenvalue weighted by Crippen LogP contribution is 2.30. The predicted molar refractivity (Wildman–Crippen MR) is 70.2 cm³/mol. The number of hydrogen-bond donors (Lipinski definition) is 1. The Hall–Kier alpha value is -2.57. The van der Waals surface area contributed by atoms with Crippen molar-refractivity contribution in [3.05, 3.63) is 53.3 Å². The summed E-state index contributed by atoms with van der Waals surface area (Å²) in [7, 11) is 0. The van der Waals surface area contributed by atoms with Crippen molar-refractivity contribution in [1.29, 1.82) is 0 Å². The molecule has 2 aromatic carbocycles. The van der Waals surface area contributed by atoms with Gasteiger partial charge in [0.05, 0.1) is 5.56 Å². The van der Waals surface area contributed by atoms with Gasteiger partial charge in [-0.2, -0.15) is 0 Å². The Morgan fingerprint density at radius 1 is 1.14 bits per heavy atom. The molecule has 0 aliphatic carbocycles. The van der Waals surface area contributed by atoms with Crippen molar-refractivity contribution in [3.8, 4) is 16.9 Å². The molecule has 116 valence electrons. The van der Waals surface area contributed by atoms with Crippen LogP contribution in [0.3, 0.4) is 0 Å². The number of carboxylic acids is 1. The summed E-state index contributed by atoms with van der Waals surface area (Å²) in [5.41, 5.74) is 0.633. The average Bonchev–Trinajstić information content (AvgIpc) is 2.41. The van der Waals surface area contributed by atoms with Gasteiger partial charge in [0.1, 0.15) is 11.6 Å². The molecule has 0 heterocycles. The molecule has 0 aromatic heterocycles. The third kappa shape index (κ3) is 3.55. The highest BCUT2D eigenvalue weighted by atomic mass is 19.4. The van der Waals surface area contributed by atoms with E-state index in [-0.39, 0.29) is 16.7 Å². The number of aromatic carboxylic acids is 1. The summed E-state index contributed by atoms with van der Waals surface area (Å²) in [6.45, 7) is 1.45. The molecule has 0 saturated heterocycles. The lowest BCUT2D eigenvalue weighted by atomic mass is 9.97. The summed E-state index contributed by atoms with van der Waals surface area (Å²) >= 11 is 0. The van der Waals surface area contributed by atoms with E-state index in [2.05, 4.69) is 4.74 Å². The minimum absolute atomic E-state index is 0.203. The van der Waals surface area contributed by atoms with Crippen LogP contribution >= 0.6 is 0 Å². The van der Waals surface area contributed by atoms with Crippen LogP contribution in [-0.4, -0.2) is 17.4 Å². The Kier molecular flexibility index (Phi) is 4.07. The SMILES string of the molecule is Cc1c(F)cc(C(=O)O)cc1-c1ccc(OC(F)(F)F)cc1. The fourth-order valence-corrected chi connectivity index (χ4v) is 1.94. The zero-order chi connectivity index (χ0) is 16.5. The van der Waals surface area contributed by atoms with E-state index < -0.39 is 23.9 Å². The van der Waals surface area contributed by atoms with Crippen LogP contribution in [0.4, 0.5) is 17.6 Å². The smallest absolute Gasteiger partial charge is 0.478 e. The second-order valence-electron chi connectivity index (χ2n) is 4.51. The van der Waals surface area contributed by atoms with Gasteiger partial charge in [0.2, 0.25) is 0 Å². The van der Waals surface area contributed by atoms with Crippen LogP contribution in [0.15, 0.2) is 36.4 Å². The molecule has 7 heteroatoms.